The van der Waals surface area contributed by atoms with E-state index in [0.29, 0.717) is 6.54 Å². The Bertz CT molecular complexity index is 407. The first-order valence-electron chi connectivity index (χ1n) is 6.61. The van der Waals surface area contributed by atoms with E-state index in [2.05, 4.69) is 21.2 Å². The van der Waals surface area contributed by atoms with Crippen LogP contribution in [0, 0.1) is 5.41 Å². The first-order chi connectivity index (χ1) is 8.98. The lowest BCUT2D eigenvalue weighted by atomic mass is 9.83. The van der Waals surface area contributed by atoms with Crippen LogP contribution in [-0.4, -0.2) is 24.2 Å². The topological polar surface area (TPSA) is 49.3 Å². The molecule has 3 nitrogen and oxygen atoms in total. The van der Waals surface area contributed by atoms with Crippen LogP contribution >= 0.6 is 27.3 Å². The van der Waals surface area contributed by atoms with Crippen LogP contribution in [0.25, 0.3) is 0 Å². The lowest BCUT2D eigenvalue weighted by Gasteiger charge is -2.30. The van der Waals surface area contributed by atoms with Gasteiger partial charge in [0, 0.05) is 16.8 Å². The molecule has 0 aliphatic heterocycles. The molecule has 1 aromatic rings. The molecule has 0 bridgehead atoms. The van der Waals surface area contributed by atoms with Crippen LogP contribution < -0.4 is 5.32 Å². The first kappa shape index (κ1) is 16.7. The Morgan fingerprint density at radius 1 is 1.47 bits per heavy atom. The number of thiophene rings is 1. The Balaban J connectivity index is 2.60. The number of rotatable bonds is 7. The highest BCUT2D eigenvalue weighted by Gasteiger charge is 2.27. The highest BCUT2D eigenvalue weighted by Crippen LogP contribution is 2.29. The lowest BCUT2D eigenvalue weighted by molar-refractivity contribution is -0.122. The predicted octanol–water partition coefficient (Wildman–Crippen LogP) is 3.53. The standard InChI is InChI=1S/C14H22BrNO2S/c1-4-14(5-2,9-17)8-16-13(18)10(3)11-6-7-12(15)19-11/h6-7,10,17H,4-5,8-9H2,1-3H3,(H,16,18). The number of nitrogens with one attached hydrogen (secondary N) is 1. The van der Waals surface area contributed by atoms with Gasteiger partial charge in [-0.2, -0.15) is 0 Å². The zero-order chi connectivity index (χ0) is 14.5. The summed E-state index contributed by atoms with van der Waals surface area (Å²) in [5.41, 5.74) is -0.189. The Labute approximate surface area is 127 Å². The van der Waals surface area contributed by atoms with E-state index in [1.165, 1.54) is 0 Å². The average molecular weight is 348 g/mol. The van der Waals surface area contributed by atoms with E-state index in [1.807, 2.05) is 32.9 Å². The van der Waals surface area contributed by atoms with Gasteiger partial charge in [-0.15, -0.1) is 11.3 Å². The Morgan fingerprint density at radius 2 is 2.11 bits per heavy atom. The summed E-state index contributed by atoms with van der Waals surface area (Å²) in [6.07, 6.45) is 1.72. The van der Waals surface area contributed by atoms with Gasteiger partial charge in [0.05, 0.1) is 16.3 Å². The van der Waals surface area contributed by atoms with Gasteiger partial charge in [-0.1, -0.05) is 13.8 Å². The monoisotopic (exact) mass is 347 g/mol. The third-order valence-electron chi connectivity index (χ3n) is 3.89. The summed E-state index contributed by atoms with van der Waals surface area (Å²) in [5.74, 6) is -0.129. The molecule has 0 aromatic carbocycles. The fourth-order valence-corrected chi connectivity index (χ4v) is 3.37. The minimum atomic E-state index is -0.189. The van der Waals surface area contributed by atoms with Crippen LogP contribution in [0.1, 0.15) is 44.4 Å². The average Bonchev–Trinajstić information content (AvgIpc) is 2.86. The number of amides is 1. The molecule has 2 N–H and O–H groups in total. The molecule has 0 saturated carbocycles. The van der Waals surface area contributed by atoms with Crippen molar-refractivity contribution in [3.8, 4) is 0 Å². The second-order valence-electron chi connectivity index (χ2n) is 4.95. The van der Waals surface area contributed by atoms with Gasteiger partial charge in [-0.05, 0) is 47.8 Å². The van der Waals surface area contributed by atoms with Crippen LogP contribution in [0.4, 0.5) is 0 Å². The molecule has 1 rings (SSSR count). The van der Waals surface area contributed by atoms with E-state index in [0.717, 1.165) is 21.5 Å². The summed E-state index contributed by atoms with van der Waals surface area (Å²) in [4.78, 5) is 13.2. The van der Waals surface area contributed by atoms with E-state index in [4.69, 9.17) is 0 Å². The number of carbonyl (C=O) groups is 1. The molecule has 1 amide bonds. The van der Waals surface area contributed by atoms with Crippen molar-refractivity contribution in [3.05, 3.63) is 20.8 Å². The molecule has 0 spiro atoms. The minimum Gasteiger partial charge on any atom is -0.396 e. The third-order valence-corrected chi connectivity index (χ3v) is 5.69. The van der Waals surface area contributed by atoms with Crippen molar-refractivity contribution in [2.24, 2.45) is 5.41 Å². The molecule has 0 saturated heterocycles. The summed E-state index contributed by atoms with van der Waals surface area (Å²) in [7, 11) is 0. The molecular weight excluding hydrogens is 326 g/mol. The summed E-state index contributed by atoms with van der Waals surface area (Å²) in [6.45, 7) is 6.65. The van der Waals surface area contributed by atoms with Crippen molar-refractivity contribution in [2.45, 2.75) is 39.5 Å². The normalized spacial score (nSPS) is 13.3. The maximum atomic E-state index is 12.1. The van der Waals surface area contributed by atoms with Gasteiger partial charge in [0.15, 0.2) is 0 Å². The molecule has 0 radical (unpaired) electrons. The number of hydrogen-bond donors (Lipinski definition) is 2. The molecule has 0 fully saturated rings. The highest BCUT2D eigenvalue weighted by atomic mass is 79.9. The van der Waals surface area contributed by atoms with Gasteiger partial charge in [0.2, 0.25) is 5.91 Å². The van der Waals surface area contributed by atoms with Crippen LogP contribution in [-0.2, 0) is 4.79 Å². The molecular formula is C14H22BrNO2S. The van der Waals surface area contributed by atoms with Crippen LogP contribution in [0.3, 0.4) is 0 Å². The molecule has 1 unspecified atom stereocenters. The third kappa shape index (κ3) is 4.29. The van der Waals surface area contributed by atoms with Crippen molar-refractivity contribution >= 4 is 33.2 Å². The first-order valence-corrected chi connectivity index (χ1v) is 8.22. The molecule has 5 heteroatoms. The van der Waals surface area contributed by atoms with E-state index < -0.39 is 0 Å². The fourth-order valence-electron chi connectivity index (χ4n) is 1.90. The Hall–Kier alpha value is -0.390. The van der Waals surface area contributed by atoms with Gasteiger partial charge in [-0.25, -0.2) is 0 Å². The molecule has 1 atom stereocenters. The zero-order valence-electron chi connectivity index (χ0n) is 11.7. The molecule has 0 aliphatic carbocycles. The number of halogens is 1. The largest absolute Gasteiger partial charge is 0.396 e. The van der Waals surface area contributed by atoms with E-state index in [9.17, 15) is 9.90 Å². The highest BCUT2D eigenvalue weighted by molar-refractivity contribution is 9.11. The van der Waals surface area contributed by atoms with Crippen molar-refractivity contribution < 1.29 is 9.90 Å². The number of carbonyl (C=O) groups excluding carboxylic acids is 1. The van der Waals surface area contributed by atoms with Gasteiger partial charge in [-0.3, -0.25) is 4.79 Å². The molecule has 0 aliphatic rings. The van der Waals surface area contributed by atoms with Crippen LogP contribution in [0.5, 0.6) is 0 Å². The van der Waals surface area contributed by atoms with Crippen molar-refractivity contribution in [3.63, 3.8) is 0 Å². The number of hydrogen-bond acceptors (Lipinski definition) is 3. The van der Waals surface area contributed by atoms with Crippen molar-refractivity contribution in [1.29, 1.82) is 0 Å². The number of aliphatic hydroxyl groups is 1. The summed E-state index contributed by atoms with van der Waals surface area (Å²) >= 11 is 4.99. The van der Waals surface area contributed by atoms with Crippen molar-refractivity contribution in [1.82, 2.24) is 5.32 Å². The maximum Gasteiger partial charge on any atom is 0.228 e. The van der Waals surface area contributed by atoms with E-state index in [1.54, 1.807) is 11.3 Å². The van der Waals surface area contributed by atoms with Gasteiger partial charge in [0.1, 0.15) is 0 Å². The molecule has 1 aromatic heterocycles. The van der Waals surface area contributed by atoms with Crippen LogP contribution in [0.2, 0.25) is 0 Å². The smallest absolute Gasteiger partial charge is 0.228 e. The summed E-state index contributed by atoms with van der Waals surface area (Å²) in [5, 5.41) is 12.5. The maximum absolute atomic E-state index is 12.1. The van der Waals surface area contributed by atoms with Crippen LogP contribution in [0.15, 0.2) is 15.9 Å². The second-order valence-corrected chi connectivity index (χ2v) is 7.44. The lowest BCUT2D eigenvalue weighted by Crippen LogP contribution is -2.40. The summed E-state index contributed by atoms with van der Waals surface area (Å²) < 4.78 is 1.04. The Morgan fingerprint density at radius 3 is 2.53 bits per heavy atom. The van der Waals surface area contributed by atoms with Gasteiger partial charge >= 0.3 is 0 Å². The fraction of sp³-hybridized carbons (Fsp3) is 0.643. The van der Waals surface area contributed by atoms with E-state index >= 15 is 0 Å². The molecule has 19 heavy (non-hydrogen) atoms. The quantitative estimate of drug-likeness (QED) is 0.792. The SMILES string of the molecule is CCC(CC)(CO)CNC(=O)C(C)c1ccc(Br)s1. The zero-order valence-corrected chi connectivity index (χ0v) is 14.1. The molecule has 1 heterocycles. The van der Waals surface area contributed by atoms with E-state index in [-0.39, 0.29) is 23.8 Å². The number of aliphatic hydroxyl groups excluding tert-OH is 1. The van der Waals surface area contributed by atoms with Gasteiger partial charge in [0.25, 0.3) is 0 Å². The minimum absolute atomic E-state index is 0.0223. The second kappa shape index (κ2) is 7.41. The predicted molar refractivity (Wildman–Crippen MR) is 83.5 cm³/mol. The van der Waals surface area contributed by atoms with Crippen molar-refractivity contribution in [2.75, 3.05) is 13.2 Å². The van der Waals surface area contributed by atoms with Gasteiger partial charge < -0.3 is 10.4 Å². The Kier molecular flexibility index (Phi) is 6.50. The summed E-state index contributed by atoms with van der Waals surface area (Å²) in [6, 6.07) is 3.93. The molecule has 108 valence electrons.